The molecule has 0 saturated heterocycles. The van der Waals surface area contributed by atoms with Crippen molar-refractivity contribution in [3.8, 4) is 0 Å². The lowest BCUT2D eigenvalue weighted by molar-refractivity contribution is -0.176. The van der Waals surface area contributed by atoms with Gasteiger partial charge >= 0.3 is 17.9 Å². The van der Waals surface area contributed by atoms with Crippen LogP contribution in [0.25, 0.3) is 0 Å². The summed E-state index contributed by atoms with van der Waals surface area (Å²) in [6.07, 6.45) is 1.24. The monoisotopic (exact) mass is 236 g/mol. The lowest BCUT2D eigenvalue weighted by atomic mass is 9.82. The number of carboxylic acids is 3. The van der Waals surface area contributed by atoms with E-state index < -0.39 is 23.3 Å². The first-order chi connectivity index (χ1) is 6.89. The molecule has 94 valence electrons. The Morgan fingerprint density at radius 1 is 0.938 bits per heavy atom. The summed E-state index contributed by atoms with van der Waals surface area (Å²) >= 11 is 0. The van der Waals surface area contributed by atoms with Gasteiger partial charge in [0.15, 0.2) is 0 Å². The van der Waals surface area contributed by atoms with Gasteiger partial charge in [-0.05, 0) is 6.42 Å². The molecule has 7 heteroatoms. The highest BCUT2D eigenvalue weighted by Gasteiger charge is 2.53. The van der Waals surface area contributed by atoms with Gasteiger partial charge in [-0.25, -0.2) is 0 Å². The Morgan fingerprint density at radius 2 is 1.31 bits per heavy atom. The maximum absolute atomic E-state index is 10.7. The summed E-state index contributed by atoms with van der Waals surface area (Å²) in [6, 6.07) is 0. The molecule has 0 aromatic carbocycles. The van der Waals surface area contributed by atoms with E-state index in [-0.39, 0.29) is 18.3 Å². The first kappa shape index (κ1) is 16.8. The van der Waals surface area contributed by atoms with Crippen molar-refractivity contribution in [2.75, 3.05) is 0 Å². The summed E-state index contributed by atoms with van der Waals surface area (Å²) < 4.78 is 0. The van der Waals surface area contributed by atoms with Crippen molar-refractivity contribution in [2.24, 2.45) is 5.41 Å². The molecule has 0 unspecified atom stereocenters. The van der Waals surface area contributed by atoms with Gasteiger partial charge in [0.05, 0.1) is 0 Å². The zero-order valence-corrected chi connectivity index (χ0v) is 8.89. The molecule has 16 heavy (non-hydrogen) atoms. The Hall–Kier alpha value is -1.63. The van der Waals surface area contributed by atoms with Crippen LogP contribution in [0.15, 0.2) is 0 Å². The number of unbranched alkanes of at least 4 members (excludes halogenated alkanes) is 2. The van der Waals surface area contributed by atoms with Crippen LogP contribution in [0.5, 0.6) is 0 Å². The van der Waals surface area contributed by atoms with Gasteiger partial charge in [0.1, 0.15) is 0 Å². The average molecular weight is 236 g/mol. The smallest absolute Gasteiger partial charge is 0.332 e. The van der Waals surface area contributed by atoms with Crippen LogP contribution >= 0.6 is 0 Å². The summed E-state index contributed by atoms with van der Waals surface area (Å²) in [5, 5.41) is 26.1. The number of carbonyl (C=O) groups is 3. The molecule has 7 nitrogen and oxygen atoms in total. The molecule has 0 rings (SSSR count). The van der Waals surface area contributed by atoms with E-state index in [4.69, 9.17) is 15.3 Å². The lowest BCUT2D eigenvalue weighted by Gasteiger charge is -2.19. The maximum atomic E-state index is 10.7. The van der Waals surface area contributed by atoms with Crippen LogP contribution < -0.4 is 0 Å². The summed E-state index contributed by atoms with van der Waals surface area (Å²) in [5.41, 5.74) is -2.70. The molecule has 0 fully saturated rings. The molecule has 0 radical (unpaired) electrons. The van der Waals surface area contributed by atoms with Gasteiger partial charge in [0.2, 0.25) is 0 Å². The molecule has 0 aliphatic rings. The van der Waals surface area contributed by atoms with Crippen LogP contribution in [0.4, 0.5) is 0 Å². The second kappa shape index (κ2) is 6.78. The zero-order valence-electron chi connectivity index (χ0n) is 8.89. The van der Waals surface area contributed by atoms with Gasteiger partial charge < -0.3 is 20.8 Å². The molecule has 5 N–H and O–H groups in total. The number of rotatable bonds is 7. The van der Waals surface area contributed by atoms with Crippen molar-refractivity contribution in [1.82, 2.24) is 0 Å². The Bertz CT molecular complexity index is 235. The van der Waals surface area contributed by atoms with E-state index in [1.807, 2.05) is 6.92 Å². The van der Waals surface area contributed by atoms with Gasteiger partial charge in [-0.1, -0.05) is 26.2 Å². The summed E-state index contributed by atoms with van der Waals surface area (Å²) in [6.45, 7) is 1.85. The predicted octanol–water partition coefficient (Wildman–Crippen LogP) is -0.0178. The van der Waals surface area contributed by atoms with E-state index in [1.165, 1.54) is 0 Å². The number of aliphatic carboxylic acids is 3. The molecule has 0 spiro atoms. The second-order valence-electron chi connectivity index (χ2n) is 3.28. The third-order valence-corrected chi connectivity index (χ3v) is 2.25. The van der Waals surface area contributed by atoms with Crippen LogP contribution in [-0.2, 0) is 14.4 Å². The molecule has 0 bridgehead atoms. The van der Waals surface area contributed by atoms with Crippen LogP contribution in [0.3, 0.4) is 0 Å². The van der Waals surface area contributed by atoms with Crippen molar-refractivity contribution in [1.29, 1.82) is 0 Å². The van der Waals surface area contributed by atoms with Crippen LogP contribution in [0.2, 0.25) is 0 Å². The first-order valence-electron chi connectivity index (χ1n) is 4.59. The minimum absolute atomic E-state index is 0. The van der Waals surface area contributed by atoms with Gasteiger partial charge in [-0.15, -0.1) is 0 Å². The third-order valence-electron chi connectivity index (χ3n) is 2.25. The predicted molar refractivity (Wildman–Crippen MR) is 53.1 cm³/mol. The van der Waals surface area contributed by atoms with Gasteiger partial charge in [0.25, 0.3) is 5.41 Å². The molecule has 0 saturated carbocycles. The van der Waals surface area contributed by atoms with Crippen molar-refractivity contribution in [2.45, 2.75) is 32.6 Å². The van der Waals surface area contributed by atoms with Crippen molar-refractivity contribution in [3.05, 3.63) is 0 Å². The normalized spacial score (nSPS) is 10.3. The quantitative estimate of drug-likeness (QED) is 0.418. The second-order valence-corrected chi connectivity index (χ2v) is 3.28. The fourth-order valence-corrected chi connectivity index (χ4v) is 1.24. The van der Waals surface area contributed by atoms with E-state index in [9.17, 15) is 14.4 Å². The lowest BCUT2D eigenvalue weighted by Crippen LogP contribution is -2.46. The number of hydrogen-bond donors (Lipinski definition) is 3. The molecule has 0 amide bonds. The molecule has 0 heterocycles. The highest BCUT2D eigenvalue weighted by atomic mass is 16.4. The molecule has 0 aliphatic carbocycles. The Balaban J connectivity index is 0. The average Bonchev–Trinajstić information content (AvgIpc) is 2.10. The zero-order chi connectivity index (χ0) is 12.1. The number of hydrogen-bond acceptors (Lipinski definition) is 3. The molecule has 0 atom stereocenters. The van der Waals surface area contributed by atoms with Gasteiger partial charge in [0, 0.05) is 0 Å². The summed E-state index contributed by atoms with van der Waals surface area (Å²) in [7, 11) is 0. The molecule has 0 aromatic heterocycles. The first-order valence-corrected chi connectivity index (χ1v) is 4.59. The molecule has 0 aliphatic heterocycles. The van der Waals surface area contributed by atoms with Crippen LogP contribution in [-0.4, -0.2) is 38.7 Å². The summed E-state index contributed by atoms with van der Waals surface area (Å²) in [4.78, 5) is 32.2. The topological polar surface area (TPSA) is 143 Å². The van der Waals surface area contributed by atoms with Crippen LogP contribution in [0, 0.1) is 5.41 Å². The van der Waals surface area contributed by atoms with E-state index in [0.717, 1.165) is 6.42 Å². The van der Waals surface area contributed by atoms with E-state index >= 15 is 0 Å². The Labute approximate surface area is 92.0 Å². The minimum Gasteiger partial charge on any atom is -0.480 e. The van der Waals surface area contributed by atoms with E-state index in [0.29, 0.717) is 6.42 Å². The highest BCUT2D eigenvalue weighted by molar-refractivity contribution is 6.16. The van der Waals surface area contributed by atoms with E-state index in [1.54, 1.807) is 0 Å². The van der Waals surface area contributed by atoms with Gasteiger partial charge in [-0.2, -0.15) is 0 Å². The van der Waals surface area contributed by atoms with Crippen LogP contribution in [0.1, 0.15) is 32.6 Å². The molecular formula is C9H16O7. The Kier molecular flexibility index (Phi) is 7.11. The largest absolute Gasteiger partial charge is 0.480 e. The fourth-order valence-electron chi connectivity index (χ4n) is 1.24. The Morgan fingerprint density at radius 3 is 1.56 bits per heavy atom. The fraction of sp³-hybridized carbons (Fsp3) is 0.667. The van der Waals surface area contributed by atoms with Crippen molar-refractivity contribution >= 4 is 17.9 Å². The van der Waals surface area contributed by atoms with E-state index in [2.05, 4.69) is 0 Å². The minimum atomic E-state index is -2.70. The molecular weight excluding hydrogens is 220 g/mol. The maximum Gasteiger partial charge on any atom is 0.332 e. The standard InChI is InChI=1S/C9H14O6.H2O/c1-2-3-4-5-9(6(10)11,7(12)13)8(14)15;/h2-5H2,1H3,(H,10,11)(H,12,13)(H,14,15);1H2. The van der Waals surface area contributed by atoms with Gasteiger partial charge in [-0.3, -0.25) is 14.4 Å². The third kappa shape index (κ3) is 3.20. The SMILES string of the molecule is CCCCCC(C(=O)O)(C(=O)O)C(=O)O.O. The highest BCUT2D eigenvalue weighted by Crippen LogP contribution is 2.26. The van der Waals surface area contributed by atoms with Crippen molar-refractivity contribution < 1.29 is 35.2 Å². The number of carboxylic acid groups (broad SMARTS) is 3. The summed E-state index contributed by atoms with van der Waals surface area (Å²) in [5.74, 6) is -5.46. The van der Waals surface area contributed by atoms with Crippen molar-refractivity contribution in [3.63, 3.8) is 0 Å². The molecule has 0 aromatic rings.